The SMILES string of the molecule is CN=C(NCc1cccnc1N1CCCC(C(N)=O)C1)N(C)Cc1ccc(SC)cc1.I. The average molecular weight is 569 g/mol. The van der Waals surface area contributed by atoms with Crippen LogP contribution in [0.4, 0.5) is 5.82 Å². The number of piperidine rings is 1. The third-order valence-electron chi connectivity index (χ3n) is 5.58. The number of carbonyl (C=O) groups is 1. The third-order valence-corrected chi connectivity index (χ3v) is 6.32. The summed E-state index contributed by atoms with van der Waals surface area (Å²) in [6, 6.07) is 12.6. The molecule has 0 spiro atoms. The quantitative estimate of drug-likeness (QED) is 0.231. The zero-order valence-electron chi connectivity index (χ0n) is 19.0. The largest absolute Gasteiger partial charge is 0.369 e. The Hall–Kier alpha value is -2.01. The molecular weight excluding hydrogens is 535 g/mol. The molecule has 1 aromatic heterocycles. The van der Waals surface area contributed by atoms with E-state index in [-0.39, 0.29) is 35.8 Å². The van der Waals surface area contributed by atoms with E-state index in [2.05, 4.69) is 61.7 Å². The van der Waals surface area contributed by atoms with Crippen molar-refractivity contribution in [1.29, 1.82) is 0 Å². The van der Waals surface area contributed by atoms with Crippen molar-refractivity contribution in [2.24, 2.45) is 16.6 Å². The van der Waals surface area contributed by atoms with Gasteiger partial charge in [0.2, 0.25) is 5.91 Å². The van der Waals surface area contributed by atoms with E-state index in [1.807, 2.05) is 13.1 Å². The Labute approximate surface area is 212 Å². The van der Waals surface area contributed by atoms with E-state index in [0.717, 1.165) is 43.3 Å². The predicted molar refractivity (Wildman–Crippen MR) is 144 cm³/mol. The molecule has 1 amide bonds. The second-order valence-corrected chi connectivity index (χ2v) is 8.66. The number of hydrogen-bond donors (Lipinski definition) is 2. The number of primary amides is 1. The van der Waals surface area contributed by atoms with E-state index in [9.17, 15) is 4.79 Å². The summed E-state index contributed by atoms with van der Waals surface area (Å²) >= 11 is 1.74. The standard InChI is InChI=1S/C23H32N6OS.HI/c1-25-23(28(2)15-17-8-10-20(31-3)11-9-17)27-14-18-6-4-12-26-22(18)29-13-5-7-19(16-29)21(24)30;/h4,6,8-12,19H,5,7,13-16H2,1-3H3,(H2,24,30)(H,25,27);1H. The molecule has 174 valence electrons. The summed E-state index contributed by atoms with van der Waals surface area (Å²) in [5.74, 6) is 1.38. The van der Waals surface area contributed by atoms with Gasteiger partial charge in [0.1, 0.15) is 5.82 Å². The lowest BCUT2D eigenvalue weighted by molar-refractivity contribution is -0.122. The lowest BCUT2D eigenvalue weighted by Crippen LogP contribution is -2.42. The number of hydrogen-bond acceptors (Lipinski definition) is 5. The minimum Gasteiger partial charge on any atom is -0.369 e. The van der Waals surface area contributed by atoms with Crippen LogP contribution < -0.4 is 16.0 Å². The Kier molecular flexibility index (Phi) is 10.6. The van der Waals surface area contributed by atoms with Crippen molar-refractivity contribution in [2.45, 2.75) is 30.8 Å². The van der Waals surface area contributed by atoms with Crippen LogP contribution in [0.3, 0.4) is 0 Å². The summed E-state index contributed by atoms with van der Waals surface area (Å²) < 4.78 is 0. The van der Waals surface area contributed by atoms with Crippen LogP contribution in [0.15, 0.2) is 52.5 Å². The lowest BCUT2D eigenvalue weighted by atomic mass is 9.97. The summed E-state index contributed by atoms with van der Waals surface area (Å²) in [7, 11) is 3.83. The molecule has 3 rings (SSSR count). The van der Waals surface area contributed by atoms with Crippen molar-refractivity contribution < 1.29 is 4.79 Å². The number of nitrogens with one attached hydrogen (secondary N) is 1. The highest BCUT2D eigenvalue weighted by molar-refractivity contribution is 14.0. The Balaban J connectivity index is 0.00000363. The predicted octanol–water partition coefficient (Wildman–Crippen LogP) is 3.33. The van der Waals surface area contributed by atoms with Crippen molar-refractivity contribution in [3.63, 3.8) is 0 Å². The second kappa shape index (κ2) is 12.9. The summed E-state index contributed by atoms with van der Waals surface area (Å²) in [5.41, 5.74) is 7.86. The van der Waals surface area contributed by atoms with Gasteiger partial charge in [0.15, 0.2) is 5.96 Å². The molecule has 32 heavy (non-hydrogen) atoms. The van der Waals surface area contributed by atoms with Crippen LogP contribution in [0.2, 0.25) is 0 Å². The van der Waals surface area contributed by atoms with E-state index >= 15 is 0 Å². The molecule has 1 aliphatic rings. The fourth-order valence-electron chi connectivity index (χ4n) is 3.89. The number of guanidine groups is 1. The van der Waals surface area contributed by atoms with Gasteiger partial charge in [-0.25, -0.2) is 4.98 Å². The first-order valence-corrected chi connectivity index (χ1v) is 11.8. The molecule has 9 heteroatoms. The van der Waals surface area contributed by atoms with Crippen LogP contribution in [0.25, 0.3) is 0 Å². The van der Waals surface area contributed by atoms with Gasteiger partial charge in [-0.1, -0.05) is 18.2 Å². The minimum absolute atomic E-state index is 0. The molecule has 0 aliphatic carbocycles. The molecule has 0 bridgehead atoms. The first-order valence-electron chi connectivity index (χ1n) is 10.5. The van der Waals surface area contributed by atoms with Gasteiger partial charge in [-0.15, -0.1) is 35.7 Å². The van der Waals surface area contributed by atoms with Crippen LogP contribution >= 0.6 is 35.7 Å². The number of halogens is 1. The van der Waals surface area contributed by atoms with Gasteiger partial charge in [0, 0.05) is 56.9 Å². The molecule has 3 N–H and O–H groups in total. The Morgan fingerprint density at radius 1 is 1.34 bits per heavy atom. The summed E-state index contributed by atoms with van der Waals surface area (Å²) in [5, 5.41) is 3.46. The minimum atomic E-state index is -0.229. The molecule has 7 nitrogen and oxygen atoms in total. The van der Waals surface area contributed by atoms with Gasteiger partial charge in [-0.3, -0.25) is 9.79 Å². The van der Waals surface area contributed by atoms with E-state index < -0.39 is 0 Å². The maximum absolute atomic E-state index is 11.7. The fourth-order valence-corrected chi connectivity index (χ4v) is 4.30. The third kappa shape index (κ3) is 6.99. The van der Waals surface area contributed by atoms with Gasteiger partial charge < -0.3 is 20.9 Å². The number of aliphatic imine (C=N–C) groups is 1. The van der Waals surface area contributed by atoms with Crippen molar-refractivity contribution in [3.8, 4) is 0 Å². The molecule has 1 aliphatic heterocycles. The number of nitrogens with two attached hydrogens (primary N) is 1. The number of amides is 1. The van der Waals surface area contributed by atoms with Crippen LogP contribution in [0.5, 0.6) is 0 Å². The molecule has 0 saturated carbocycles. The molecule has 1 aromatic carbocycles. The fraction of sp³-hybridized carbons (Fsp3) is 0.435. The lowest BCUT2D eigenvalue weighted by Gasteiger charge is -2.33. The first kappa shape index (κ1) is 26.2. The van der Waals surface area contributed by atoms with Crippen molar-refractivity contribution in [2.75, 3.05) is 38.3 Å². The first-order chi connectivity index (χ1) is 15.0. The van der Waals surface area contributed by atoms with Crippen LogP contribution in [0.1, 0.15) is 24.0 Å². The zero-order valence-corrected chi connectivity index (χ0v) is 22.1. The average Bonchev–Trinajstić information content (AvgIpc) is 2.80. The highest BCUT2D eigenvalue weighted by atomic mass is 127. The number of anilines is 1. The summed E-state index contributed by atoms with van der Waals surface area (Å²) in [6.07, 6.45) is 5.67. The van der Waals surface area contributed by atoms with Crippen LogP contribution in [0, 0.1) is 5.92 Å². The molecule has 0 radical (unpaired) electrons. The van der Waals surface area contributed by atoms with Gasteiger partial charge in [0.05, 0.1) is 5.92 Å². The summed E-state index contributed by atoms with van der Waals surface area (Å²) in [6.45, 7) is 2.87. The van der Waals surface area contributed by atoms with E-state index in [1.54, 1.807) is 25.0 Å². The summed E-state index contributed by atoms with van der Waals surface area (Å²) in [4.78, 5) is 26.3. The van der Waals surface area contributed by atoms with Gasteiger partial charge in [-0.05, 0) is 42.9 Å². The number of rotatable bonds is 7. The molecule has 1 atom stereocenters. The van der Waals surface area contributed by atoms with Crippen LogP contribution in [-0.2, 0) is 17.9 Å². The zero-order chi connectivity index (χ0) is 22.2. The molecule has 1 saturated heterocycles. The molecule has 2 heterocycles. The normalized spacial score (nSPS) is 16.3. The molecule has 2 aromatic rings. The Morgan fingerprint density at radius 3 is 2.75 bits per heavy atom. The number of pyridine rings is 1. The van der Waals surface area contributed by atoms with E-state index in [1.165, 1.54) is 10.5 Å². The monoisotopic (exact) mass is 568 g/mol. The smallest absolute Gasteiger partial charge is 0.222 e. The van der Waals surface area contributed by atoms with E-state index in [0.29, 0.717) is 13.1 Å². The maximum Gasteiger partial charge on any atom is 0.222 e. The van der Waals surface area contributed by atoms with Crippen LogP contribution in [-0.4, -0.2) is 55.2 Å². The van der Waals surface area contributed by atoms with Crippen molar-refractivity contribution >= 4 is 53.4 Å². The molecule has 1 fully saturated rings. The maximum atomic E-state index is 11.7. The van der Waals surface area contributed by atoms with E-state index in [4.69, 9.17) is 5.73 Å². The topological polar surface area (TPSA) is 86.9 Å². The number of aromatic nitrogens is 1. The second-order valence-electron chi connectivity index (χ2n) is 7.78. The van der Waals surface area contributed by atoms with Crippen molar-refractivity contribution in [1.82, 2.24) is 15.2 Å². The molecule has 1 unspecified atom stereocenters. The highest BCUT2D eigenvalue weighted by Gasteiger charge is 2.26. The van der Waals surface area contributed by atoms with Gasteiger partial charge in [-0.2, -0.15) is 0 Å². The van der Waals surface area contributed by atoms with Gasteiger partial charge in [0.25, 0.3) is 0 Å². The number of nitrogens with zero attached hydrogens (tertiary/aromatic N) is 4. The van der Waals surface area contributed by atoms with Crippen molar-refractivity contribution in [3.05, 3.63) is 53.7 Å². The number of thioether (sulfide) groups is 1. The Morgan fingerprint density at radius 2 is 2.09 bits per heavy atom. The molecular formula is C23H33IN6OS. The number of carbonyl (C=O) groups excluding carboxylic acids is 1. The number of benzene rings is 1. The Bertz CT molecular complexity index is 908. The highest BCUT2D eigenvalue weighted by Crippen LogP contribution is 2.24. The van der Waals surface area contributed by atoms with Gasteiger partial charge >= 0.3 is 0 Å².